The Kier molecular flexibility index (Phi) is 4.44. The van der Waals surface area contributed by atoms with Gasteiger partial charge in [0.1, 0.15) is 0 Å². The molecule has 1 saturated heterocycles. The Labute approximate surface area is 126 Å². The van der Waals surface area contributed by atoms with Crippen molar-refractivity contribution in [3.63, 3.8) is 0 Å². The molecule has 4 nitrogen and oxygen atoms in total. The van der Waals surface area contributed by atoms with Gasteiger partial charge in [-0.15, -0.1) is 0 Å². The molecule has 1 atom stereocenters. The van der Waals surface area contributed by atoms with Gasteiger partial charge in [-0.05, 0) is 54.7 Å². The number of hydrogen-bond acceptors (Lipinski definition) is 2. The smallest absolute Gasteiger partial charge is 0.317 e. The third kappa shape index (κ3) is 3.38. The number of rotatable bonds is 3. The van der Waals surface area contributed by atoms with E-state index in [9.17, 15) is 9.90 Å². The summed E-state index contributed by atoms with van der Waals surface area (Å²) in [6.45, 7) is 2.24. The molecule has 0 radical (unpaired) electrons. The van der Waals surface area contributed by atoms with E-state index >= 15 is 0 Å². The highest BCUT2D eigenvalue weighted by molar-refractivity contribution is 5.74. The second-order valence-corrected chi connectivity index (χ2v) is 6.25. The lowest BCUT2D eigenvalue weighted by Crippen LogP contribution is -2.45. The van der Waals surface area contributed by atoms with Gasteiger partial charge in [0.05, 0.1) is 0 Å². The highest BCUT2D eigenvalue weighted by atomic mass is 16.3. The molecule has 21 heavy (non-hydrogen) atoms. The average Bonchev–Trinajstić information content (AvgIpc) is 3.00. The van der Waals surface area contributed by atoms with Gasteiger partial charge in [-0.25, -0.2) is 4.79 Å². The fraction of sp³-hybridized carbons (Fsp3) is 0.588. The Morgan fingerprint density at radius 2 is 2.14 bits per heavy atom. The van der Waals surface area contributed by atoms with Crippen LogP contribution in [0.5, 0.6) is 0 Å². The fourth-order valence-electron chi connectivity index (χ4n) is 3.42. The van der Waals surface area contributed by atoms with Gasteiger partial charge in [0.25, 0.3) is 0 Å². The van der Waals surface area contributed by atoms with Crippen LogP contribution in [0.2, 0.25) is 0 Å². The first-order chi connectivity index (χ1) is 10.3. The lowest BCUT2D eigenvalue weighted by Gasteiger charge is -2.31. The van der Waals surface area contributed by atoms with Crippen LogP contribution in [0, 0.1) is 5.92 Å². The monoisotopic (exact) mass is 288 g/mol. The lowest BCUT2D eigenvalue weighted by atomic mass is 9.99. The maximum atomic E-state index is 12.2. The predicted octanol–water partition coefficient (Wildman–Crippen LogP) is 2.09. The summed E-state index contributed by atoms with van der Waals surface area (Å²) in [7, 11) is 0. The van der Waals surface area contributed by atoms with Gasteiger partial charge in [0.2, 0.25) is 0 Å². The van der Waals surface area contributed by atoms with E-state index in [-0.39, 0.29) is 18.6 Å². The van der Waals surface area contributed by atoms with Crippen molar-refractivity contribution in [1.82, 2.24) is 10.2 Å². The molecular weight excluding hydrogens is 264 g/mol. The van der Waals surface area contributed by atoms with Gasteiger partial charge in [-0.3, -0.25) is 0 Å². The van der Waals surface area contributed by atoms with Gasteiger partial charge in [0, 0.05) is 26.2 Å². The summed E-state index contributed by atoms with van der Waals surface area (Å²) in [5.74, 6) is 0.240. The number of piperidine rings is 1. The lowest BCUT2D eigenvalue weighted by molar-refractivity contribution is 0.129. The molecule has 0 spiro atoms. The van der Waals surface area contributed by atoms with E-state index in [2.05, 4.69) is 23.5 Å². The van der Waals surface area contributed by atoms with Crippen molar-refractivity contribution in [3.8, 4) is 0 Å². The molecule has 0 aromatic heterocycles. The second kappa shape index (κ2) is 6.48. The summed E-state index contributed by atoms with van der Waals surface area (Å²) in [4.78, 5) is 14.0. The zero-order chi connectivity index (χ0) is 14.7. The van der Waals surface area contributed by atoms with E-state index in [4.69, 9.17) is 0 Å². The number of amides is 2. The summed E-state index contributed by atoms with van der Waals surface area (Å²) in [6.07, 6.45) is 5.61. The first-order valence-corrected chi connectivity index (χ1v) is 8.00. The summed E-state index contributed by atoms with van der Waals surface area (Å²) in [5.41, 5.74) is 4.09. The summed E-state index contributed by atoms with van der Waals surface area (Å²) >= 11 is 0. The molecule has 2 amide bonds. The number of carbonyl (C=O) groups is 1. The van der Waals surface area contributed by atoms with E-state index in [1.165, 1.54) is 36.0 Å². The topological polar surface area (TPSA) is 52.6 Å². The number of aliphatic hydroxyl groups is 1. The second-order valence-electron chi connectivity index (χ2n) is 6.25. The van der Waals surface area contributed by atoms with E-state index in [0.717, 1.165) is 19.4 Å². The molecule has 114 valence electrons. The van der Waals surface area contributed by atoms with Crippen molar-refractivity contribution >= 4 is 6.03 Å². The maximum absolute atomic E-state index is 12.2. The van der Waals surface area contributed by atoms with Gasteiger partial charge in [-0.1, -0.05) is 18.2 Å². The van der Waals surface area contributed by atoms with Crippen LogP contribution in [0.4, 0.5) is 4.79 Å². The number of fused-ring (bicyclic) bond motifs is 1. The summed E-state index contributed by atoms with van der Waals surface area (Å²) in [6, 6.07) is 6.55. The van der Waals surface area contributed by atoms with E-state index < -0.39 is 0 Å². The van der Waals surface area contributed by atoms with Gasteiger partial charge in [-0.2, -0.15) is 0 Å². The number of likely N-dealkylation sites (tertiary alicyclic amines) is 1. The summed E-state index contributed by atoms with van der Waals surface area (Å²) < 4.78 is 0. The van der Waals surface area contributed by atoms with E-state index in [1.807, 2.05) is 4.90 Å². The Morgan fingerprint density at radius 3 is 3.00 bits per heavy atom. The number of nitrogens with zero attached hydrogens (tertiary/aromatic N) is 1. The fourth-order valence-corrected chi connectivity index (χ4v) is 3.42. The molecule has 1 fully saturated rings. The van der Waals surface area contributed by atoms with Crippen molar-refractivity contribution in [2.24, 2.45) is 5.92 Å². The van der Waals surface area contributed by atoms with E-state index in [0.29, 0.717) is 13.1 Å². The first-order valence-electron chi connectivity index (χ1n) is 8.00. The molecule has 1 aliphatic heterocycles. The van der Waals surface area contributed by atoms with Gasteiger partial charge < -0.3 is 15.3 Å². The molecule has 1 aromatic rings. The number of aliphatic hydroxyl groups excluding tert-OH is 1. The molecule has 0 bridgehead atoms. The van der Waals surface area contributed by atoms with Gasteiger partial charge in [0.15, 0.2) is 0 Å². The Morgan fingerprint density at radius 1 is 1.29 bits per heavy atom. The standard InChI is InChI=1S/C17H24N2O2/c20-12-14-3-2-8-19(11-14)17(21)18-10-13-6-7-15-4-1-5-16(15)9-13/h6-7,9,14,20H,1-5,8,10-12H2,(H,18,21). The van der Waals surface area contributed by atoms with Crippen LogP contribution in [-0.4, -0.2) is 35.7 Å². The minimum atomic E-state index is -0.00588. The van der Waals surface area contributed by atoms with Crippen LogP contribution >= 0.6 is 0 Å². The molecule has 1 aliphatic carbocycles. The van der Waals surface area contributed by atoms with Crippen LogP contribution in [0.3, 0.4) is 0 Å². The highest BCUT2D eigenvalue weighted by Crippen LogP contribution is 2.22. The molecule has 2 aliphatic rings. The molecule has 1 unspecified atom stereocenters. The van der Waals surface area contributed by atoms with Crippen molar-refractivity contribution in [2.75, 3.05) is 19.7 Å². The van der Waals surface area contributed by atoms with Crippen LogP contribution < -0.4 is 5.32 Å². The summed E-state index contributed by atoms with van der Waals surface area (Å²) in [5, 5.41) is 12.2. The molecule has 2 N–H and O–H groups in total. The maximum Gasteiger partial charge on any atom is 0.317 e. The minimum Gasteiger partial charge on any atom is -0.396 e. The quantitative estimate of drug-likeness (QED) is 0.895. The zero-order valence-electron chi connectivity index (χ0n) is 12.5. The molecule has 4 heteroatoms. The number of hydrogen-bond donors (Lipinski definition) is 2. The number of aryl methyl sites for hydroxylation is 2. The van der Waals surface area contributed by atoms with E-state index in [1.54, 1.807) is 0 Å². The number of benzene rings is 1. The minimum absolute atomic E-state index is 0.00588. The SMILES string of the molecule is O=C(NCc1ccc2c(c1)CCC2)N1CCCC(CO)C1. The normalized spacial score (nSPS) is 21.2. The number of carbonyl (C=O) groups excluding carboxylic acids is 1. The zero-order valence-corrected chi connectivity index (χ0v) is 12.5. The number of nitrogens with one attached hydrogen (secondary N) is 1. The average molecular weight is 288 g/mol. The van der Waals surface area contributed by atoms with Crippen molar-refractivity contribution < 1.29 is 9.90 Å². The van der Waals surface area contributed by atoms with Crippen molar-refractivity contribution in [3.05, 3.63) is 34.9 Å². The van der Waals surface area contributed by atoms with Crippen LogP contribution in [0.1, 0.15) is 36.0 Å². The third-order valence-electron chi connectivity index (χ3n) is 4.67. The highest BCUT2D eigenvalue weighted by Gasteiger charge is 2.22. The van der Waals surface area contributed by atoms with Crippen LogP contribution in [0.15, 0.2) is 18.2 Å². The first kappa shape index (κ1) is 14.4. The largest absolute Gasteiger partial charge is 0.396 e. The van der Waals surface area contributed by atoms with Gasteiger partial charge >= 0.3 is 6.03 Å². The van der Waals surface area contributed by atoms with Crippen molar-refractivity contribution in [1.29, 1.82) is 0 Å². The van der Waals surface area contributed by atoms with Crippen LogP contribution in [0.25, 0.3) is 0 Å². The number of urea groups is 1. The Bertz CT molecular complexity index is 516. The van der Waals surface area contributed by atoms with Crippen LogP contribution in [-0.2, 0) is 19.4 Å². The molecular formula is C17H24N2O2. The van der Waals surface area contributed by atoms with Crippen molar-refractivity contribution in [2.45, 2.75) is 38.6 Å². The third-order valence-corrected chi connectivity index (χ3v) is 4.67. The predicted molar refractivity (Wildman–Crippen MR) is 82.1 cm³/mol. The Balaban J connectivity index is 1.53. The molecule has 0 saturated carbocycles. The molecule has 1 aromatic carbocycles. The Hall–Kier alpha value is -1.55. The molecule has 1 heterocycles. The molecule has 3 rings (SSSR count).